The standard InChI is InChI=1S/C24H26N6O2/c1-16-19(17(2)30-23(27-16)18(14-25)15-26-30)10-11-22(31)28-21-9-5-4-8-20(21)24(32)29-12-6-3-7-13-29/h4-5,8-9,15H,3,6-7,10-13H2,1-2H3,(H,28,31). The first-order valence-corrected chi connectivity index (χ1v) is 10.9. The Morgan fingerprint density at radius 3 is 2.66 bits per heavy atom. The number of anilines is 1. The first-order valence-electron chi connectivity index (χ1n) is 10.9. The number of carbonyl (C=O) groups is 2. The van der Waals surface area contributed by atoms with Gasteiger partial charge in [0.1, 0.15) is 11.6 Å². The van der Waals surface area contributed by atoms with Gasteiger partial charge in [-0.2, -0.15) is 10.4 Å². The highest BCUT2D eigenvalue weighted by atomic mass is 16.2. The van der Waals surface area contributed by atoms with Crippen molar-refractivity contribution in [1.29, 1.82) is 5.26 Å². The minimum absolute atomic E-state index is 0.0334. The number of fused-ring (bicyclic) bond motifs is 1. The zero-order valence-corrected chi connectivity index (χ0v) is 18.4. The van der Waals surface area contributed by atoms with Crippen molar-refractivity contribution in [3.63, 3.8) is 0 Å². The van der Waals surface area contributed by atoms with Crippen molar-refractivity contribution in [3.05, 3.63) is 58.5 Å². The van der Waals surface area contributed by atoms with Crippen molar-refractivity contribution >= 4 is 23.1 Å². The Bertz CT molecular complexity index is 1220. The second kappa shape index (κ2) is 9.18. The fourth-order valence-electron chi connectivity index (χ4n) is 4.25. The van der Waals surface area contributed by atoms with Crippen LogP contribution in [0.15, 0.2) is 30.5 Å². The van der Waals surface area contributed by atoms with E-state index in [2.05, 4.69) is 21.5 Å². The Labute approximate surface area is 186 Å². The minimum atomic E-state index is -0.166. The molecule has 3 heterocycles. The largest absolute Gasteiger partial charge is 0.339 e. The molecular weight excluding hydrogens is 404 g/mol. The highest BCUT2D eigenvalue weighted by Crippen LogP contribution is 2.22. The highest BCUT2D eigenvalue weighted by Gasteiger charge is 2.21. The molecule has 0 saturated carbocycles. The van der Waals surface area contributed by atoms with E-state index >= 15 is 0 Å². The van der Waals surface area contributed by atoms with Crippen LogP contribution in [0.25, 0.3) is 5.65 Å². The van der Waals surface area contributed by atoms with E-state index in [-0.39, 0.29) is 18.2 Å². The Hall–Kier alpha value is -3.73. The lowest BCUT2D eigenvalue weighted by molar-refractivity contribution is -0.116. The van der Waals surface area contributed by atoms with E-state index in [1.807, 2.05) is 30.9 Å². The van der Waals surface area contributed by atoms with Crippen molar-refractivity contribution < 1.29 is 9.59 Å². The Kier molecular flexibility index (Phi) is 6.17. The number of amides is 2. The maximum Gasteiger partial charge on any atom is 0.255 e. The summed E-state index contributed by atoms with van der Waals surface area (Å²) in [6.45, 7) is 5.31. The number of rotatable bonds is 5. The molecule has 0 radical (unpaired) electrons. The number of carbonyl (C=O) groups excluding carboxylic acids is 2. The zero-order chi connectivity index (χ0) is 22.7. The predicted molar refractivity (Wildman–Crippen MR) is 120 cm³/mol. The maximum atomic E-state index is 13.0. The van der Waals surface area contributed by atoms with Crippen molar-refractivity contribution in [2.24, 2.45) is 0 Å². The summed E-state index contributed by atoms with van der Waals surface area (Å²) in [4.78, 5) is 32.1. The smallest absolute Gasteiger partial charge is 0.255 e. The van der Waals surface area contributed by atoms with Gasteiger partial charge in [0.25, 0.3) is 5.91 Å². The number of piperidine rings is 1. The second-order valence-electron chi connectivity index (χ2n) is 8.11. The topological polar surface area (TPSA) is 103 Å². The third-order valence-corrected chi connectivity index (χ3v) is 6.01. The molecule has 0 atom stereocenters. The van der Waals surface area contributed by atoms with Crippen LogP contribution in [-0.4, -0.2) is 44.4 Å². The molecule has 2 aromatic heterocycles. The van der Waals surface area contributed by atoms with Crippen LogP contribution in [0.2, 0.25) is 0 Å². The lowest BCUT2D eigenvalue weighted by Gasteiger charge is -2.27. The molecular formula is C24H26N6O2. The van der Waals surface area contributed by atoms with Gasteiger partial charge in [-0.15, -0.1) is 0 Å². The number of hydrogen-bond donors (Lipinski definition) is 1. The van der Waals surface area contributed by atoms with Crippen LogP contribution >= 0.6 is 0 Å². The lowest BCUT2D eigenvalue weighted by atomic mass is 10.1. The maximum absolute atomic E-state index is 13.0. The van der Waals surface area contributed by atoms with Crippen molar-refractivity contribution in [2.45, 2.75) is 46.0 Å². The number of aryl methyl sites for hydroxylation is 2. The molecule has 1 fully saturated rings. The van der Waals surface area contributed by atoms with Crippen molar-refractivity contribution in [3.8, 4) is 6.07 Å². The average molecular weight is 431 g/mol. The summed E-state index contributed by atoms with van der Waals surface area (Å²) in [5.41, 5.74) is 4.59. The summed E-state index contributed by atoms with van der Waals surface area (Å²) >= 11 is 0. The molecule has 1 saturated heterocycles. The molecule has 1 aliphatic heterocycles. The summed E-state index contributed by atoms with van der Waals surface area (Å²) in [5.74, 6) is -0.199. The van der Waals surface area contributed by atoms with Gasteiger partial charge in [-0.25, -0.2) is 9.50 Å². The van der Waals surface area contributed by atoms with Gasteiger partial charge < -0.3 is 10.2 Å². The molecule has 8 nitrogen and oxygen atoms in total. The molecule has 8 heteroatoms. The normalized spacial score (nSPS) is 13.7. The molecule has 32 heavy (non-hydrogen) atoms. The van der Waals surface area contributed by atoms with Crippen molar-refractivity contribution in [2.75, 3.05) is 18.4 Å². The number of nitriles is 1. The SMILES string of the molecule is Cc1nc2c(C#N)cnn2c(C)c1CCC(=O)Nc1ccccc1C(=O)N1CCCCC1. The number of nitrogens with zero attached hydrogens (tertiary/aromatic N) is 5. The molecule has 1 aromatic carbocycles. The van der Waals surface area contributed by atoms with E-state index in [0.29, 0.717) is 28.9 Å². The first-order chi connectivity index (χ1) is 15.5. The van der Waals surface area contributed by atoms with Crippen LogP contribution < -0.4 is 5.32 Å². The third kappa shape index (κ3) is 4.19. The van der Waals surface area contributed by atoms with Gasteiger partial charge in [-0.3, -0.25) is 9.59 Å². The summed E-state index contributed by atoms with van der Waals surface area (Å²) in [5, 5.41) is 16.4. The van der Waals surface area contributed by atoms with Crippen LogP contribution in [0.4, 0.5) is 5.69 Å². The average Bonchev–Trinajstić information content (AvgIpc) is 3.22. The molecule has 2 amide bonds. The Morgan fingerprint density at radius 1 is 1.16 bits per heavy atom. The van der Waals surface area contributed by atoms with Crippen LogP contribution in [0, 0.1) is 25.2 Å². The fraction of sp³-hybridized carbons (Fsp3) is 0.375. The van der Waals surface area contributed by atoms with E-state index in [0.717, 1.165) is 49.3 Å². The van der Waals surface area contributed by atoms with Gasteiger partial charge in [0.05, 0.1) is 17.4 Å². The van der Waals surface area contributed by atoms with E-state index in [9.17, 15) is 14.9 Å². The number of para-hydroxylation sites is 1. The summed E-state index contributed by atoms with van der Waals surface area (Å²) in [7, 11) is 0. The molecule has 4 rings (SSSR count). The number of nitrogens with one attached hydrogen (secondary N) is 1. The van der Waals surface area contributed by atoms with Crippen LogP contribution in [-0.2, 0) is 11.2 Å². The first kappa shape index (κ1) is 21.5. The van der Waals surface area contributed by atoms with Gasteiger partial charge in [-0.1, -0.05) is 12.1 Å². The van der Waals surface area contributed by atoms with Crippen LogP contribution in [0.3, 0.4) is 0 Å². The fourth-order valence-corrected chi connectivity index (χ4v) is 4.25. The van der Waals surface area contributed by atoms with Gasteiger partial charge in [0.2, 0.25) is 5.91 Å². The van der Waals surface area contributed by atoms with E-state index in [1.165, 1.54) is 6.20 Å². The summed E-state index contributed by atoms with van der Waals surface area (Å²) in [6, 6.07) is 9.27. The van der Waals surface area contributed by atoms with Gasteiger partial charge in [-0.05, 0) is 57.2 Å². The van der Waals surface area contributed by atoms with Gasteiger partial charge in [0, 0.05) is 30.9 Å². The molecule has 1 aliphatic rings. The zero-order valence-electron chi connectivity index (χ0n) is 18.4. The lowest BCUT2D eigenvalue weighted by Crippen LogP contribution is -2.36. The molecule has 3 aromatic rings. The summed E-state index contributed by atoms with van der Waals surface area (Å²) in [6.07, 6.45) is 5.41. The third-order valence-electron chi connectivity index (χ3n) is 6.01. The molecule has 0 aliphatic carbocycles. The van der Waals surface area contributed by atoms with E-state index < -0.39 is 0 Å². The van der Waals surface area contributed by atoms with Crippen molar-refractivity contribution in [1.82, 2.24) is 19.5 Å². The predicted octanol–water partition coefficient (Wildman–Crippen LogP) is 3.42. The van der Waals surface area contributed by atoms with Gasteiger partial charge >= 0.3 is 0 Å². The molecule has 1 N–H and O–H groups in total. The summed E-state index contributed by atoms with van der Waals surface area (Å²) < 4.78 is 1.64. The van der Waals surface area contributed by atoms with Crippen LogP contribution in [0.1, 0.15) is 58.6 Å². The monoisotopic (exact) mass is 430 g/mol. The van der Waals surface area contributed by atoms with E-state index in [4.69, 9.17) is 0 Å². The number of benzene rings is 1. The highest BCUT2D eigenvalue weighted by molar-refractivity contribution is 6.03. The van der Waals surface area contributed by atoms with E-state index in [1.54, 1.807) is 16.6 Å². The quantitative estimate of drug-likeness (QED) is 0.668. The Morgan fingerprint density at radius 2 is 1.91 bits per heavy atom. The second-order valence-corrected chi connectivity index (χ2v) is 8.11. The number of aromatic nitrogens is 3. The molecule has 0 unspecified atom stereocenters. The number of hydrogen-bond acceptors (Lipinski definition) is 5. The molecule has 0 spiro atoms. The minimum Gasteiger partial charge on any atom is -0.339 e. The number of likely N-dealkylation sites (tertiary alicyclic amines) is 1. The van der Waals surface area contributed by atoms with Crippen LogP contribution in [0.5, 0.6) is 0 Å². The van der Waals surface area contributed by atoms with Gasteiger partial charge in [0.15, 0.2) is 5.65 Å². The molecule has 0 bridgehead atoms. The Balaban J connectivity index is 1.47. The molecule has 164 valence electrons.